The van der Waals surface area contributed by atoms with E-state index in [4.69, 9.17) is 0 Å². The molecular weight excluding hydrogens is 270 g/mol. The minimum absolute atomic E-state index is 0.972. The van der Waals surface area contributed by atoms with Gasteiger partial charge in [0.25, 0.3) is 0 Å². The molecule has 1 aliphatic rings. The van der Waals surface area contributed by atoms with Crippen LogP contribution in [0.5, 0.6) is 0 Å². The van der Waals surface area contributed by atoms with Gasteiger partial charge < -0.3 is 0 Å². The normalized spacial score (nSPS) is 16.8. The van der Waals surface area contributed by atoms with E-state index < -0.39 is 0 Å². The number of hydrogen-bond acceptors (Lipinski definition) is 3. The Morgan fingerprint density at radius 1 is 0.818 bits per heavy atom. The zero-order valence-electron chi connectivity index (χ0n) is 13.4. The second-order valence-corrected chi connectivity index (χ2v) is 6.04. The van der Waals surface area contributed by atoms with Crippen molar-refractivity contribution in [2.45, 2.75) is 26.4 Å². The Hall–Kier alpha value is -1.71. The molecule has 22 heavy (non-hydrogen) atoms. The summed E-state index contributed by atoms with van der Waals surface area (Å²) < 4.78 is 0. The molecule has 116 valence electrons. The predicted octanol–water partition coefficient (Wildman–Crippen LogP) is 2.96. The molecule has 0 spiro atoms. The van der Waals surface area contributed by atoms with Gasteiger partial charge in [-0.1, -0.05) is 37.3 Å². The summed E-state index contributed by atoms with van der Waals surface area (Å²) in [5, 5.41) is 0. The minimum atomic E-state index is 0.972. The summed E-state index contributed by atoms with van der Waals surface area (Å²) in [6.45, 7) is 8.79. The lowest BCUT2D eigenvalue weighted by Crippen LogP contribution is -2.45. The molecule has 0 amide bonds. The van der Waals surface area contributed by atoms with Crippen molar-refractivity contribution in [3.8, 4) is 0 Å². The maximum atomic E-state index is 4.42. The number of rotatable bonds is 5. The van der Waals surface area contributed by atoms with Crippen LogP contribution in [0.25, 0.3) is 0 Å². The molecule has 0 unspecified atom stereocenters. The molecule has 0 atom stereocenters. The number of piperazine rings is 1. The van der Waals surface area contributed by atoms with Crippen LogP contribution in [-0.4, -0.2) is 41.0 Å². The van der Waals surface area contributed by atoms with Crippen LogP contribution in [0.4, 0.5) is 0 Å². The fraction of sp³-hybridized carbons (Fsp3) is 0.421. The molecule has 2 heterocycles. The van der Waals surface area contributed by atoms with Crippen molar-refractivity contribution >= 4 is 0 Å². The first-order valence-corrected chi connectivity index (χ1v) is 8.26. The van der Waals surface area contributed by atoms with Gasteiger partial charge in [-0.2, -0.15) is 0 Å². The summed E-state index contributed by atoms with van der Waals surface area (Å²) >= 11 is 0. The van der Waals surface area contributed by atoms with Crippen molar-refractivity contribution < 1.29 is 0 Å². The summed E-state index contributed by atoms with van der Waals surface area (Å²) in [7, 11) is 0. The molecule has 0 aliphatic carbocycles. The number of pyridine rings is 1. The van der Waals surface area contributed by atoms with Gasteiger partial charge in [0.1, 0.15) is 0 Å². The van der Waals surface area contributed by atoms with E-state index in [0.29, 0.717) is 0 Å². The third-order valence-electron chi connectivity index (χ3n) is 4.41. The van der Waals surface area contributed by atoms with Crippen LogP contribution in [-0.2, 0) is 19.5 Å². The van der Waals surface area contributed by atoms with Crippen LogP contribution in [0.3, 0.4) is 0 Å². The van der Waals surface area contributed by atoms with Gasteiger partial charge in [-0.3, -0.25) is 14.8 Å². The Morgan fingerprint density at radius 2 is 1.45 bits per heavy atom. The van der Waals surface area contributed by atoms with Crippen LogP contribution >= 0.6 is 0 Å². The minimum Gasteiger partial charge on any atom is -0.297 e. The molecule has 3 nitrogen and oxygen atoms in total. The SMILES string of the molecule is CCc1ccc(CN2CCN(Cc3ccccn3)CC2)cc1. The highest BCUT2D eigenvalue weighted by atomic mass is 15.3. The zero-order chi connectivity index (χ0) is 15.2. The fourth-order valence-corrected chi connectivity index (χ4v) is 2.96. The molecular formula is C19H25N3. The van der Waals surface area contributed by atoms with E-state index in [2.05, 4.69) is 58.1 Å². The van der Waals surface area contributed by atoms with Gasteiger partial charge in [0, 0.05) is 45.5 Å². The van der Waals surface area contributed by atoms with Crippen molar-refractivity contribution in [2.75, 3.05) is 26.2 Å². The fourth-order valence-electron chi connectivity index (χ4n) is 2.96. The summed E-state index contributed by atoms with van der Waals surface area (Å²) in [6, 6.07) is 15.2. The molecule has 3 heteroatoms. The van der Waals surface area contributed by atoms with Crippen molar-refractivity contribution in [3.05, 3.63) is 65.5 Å². The monoisotopic (exact) mass is 295 g/mol. The lowest BCUT2D eigenvalue weighted by Gasteiger charge is -2.34. The van der Waals surface area contributed by atoms with Crippen molar-refractivity contribution in [1.29, 1.82) is 0 Å². The van der Waals surface area contributed by atoms with Crippen LogP contribution in [0.15, 0.2) is 48.7 Å². The highest BCUT2D eigenvalue weighted by Gasteiger charge is 2.17. The zero-order valence-corrected chi connectivity index (χ0v) is 13.4. The topological polar surface area (TPSA) is 19.4 Å². The standard InChI is InChI=1S/C19H25N3/c1-2-17-6-8-18(9-7-17)15-21-11-13-22(14-12-21)16-19-5-3-4-10-20-19/h3-10H,2,11-16H2,1H3. The molecule has 0 N–H and O–H groups in total. The van der Waals surface area contributed by atoms with E-state index >= 15 is 0 Å². The van der Waals surface area contributed by atoms with Gasteiger partial charge in [-0.15, -0.1) is 0 Å². The van der Waals surface area contributed by atoms with E-state index in [-0.39, 0.29) is 0 Å². The van der Waals surface area contributed by atoms with Crippen LogP contribution in [0.2, 0.25) is 0 Å². The molecule has 1 aromatic carbocycles. The average Bonchev–Trinajstić information content (AvgIpc) is 2.58. The molecule has 1 saturated heterocycles. The van der Waals surface area contributed by atoms with E-state index in [0.717, 1.165) is 45.7 Å². The summed E-state index contributed by atoms with van der Waals surface area (Å²) in [5.41, 5.74) is 4.02. The third-order valence-corrected chi connectivity index (χ3v) is 4.41. The van der Waals surface area contributed by atoms with Gasteiger partial charge in [0.2, 0.25) is 0 Å². The second-order valence-electron chi connectivity index (χ2n) is 6.04. The Balaban J connectivity index is 1.47. The van der Waals surface area contributed by atoms with Crippen molar-refractivity contribution in [3.63, 3.8) is 0 Å². The first-order valence-electron chi connectivity index (χ1n) is 8.26. The summed E-state index contributed by atoms with van der Waals surface area (Å²) in [6.07, 6.45) is 3.00. The maximum Gasteiger partial charge on any atom is 0.0543 e. The molecule has 1 aromatic heterocycles. The highest BCUT2D eigenvalue weighted by Crippen LogP contribution is 2.12. The summed E-state index contributed by atoms with van der Waals surface area (Å²) in [4.78, 5) is 9.47. The van der Waals surface area contributed by atoms with Crippen LogP contribution < -0.4 is 0 Å². The van der Waals surface area contributed by atoms with Crippen molar-refractivity contribution in [2.24, 2.45) is 0 Å². The summed E-state index contributed by atoms with van der Waals surface area (Å²) in [5.74, 6) is 0. The molecule has 0 saturated carbocycles. The Morgan fingerprint density at radius 3 is 2.05 bits per heavy atom. The van der Waals surface area contributed by atoms with Gasteiger partial charge in [0.05, 0.1) is 5.69 Å². The number of aryl methyl sites for hydroxylation is 1. The van der Waals surface area contributed by atoms with Crippen LogP contribution in [0.1, 0.15) is 23.7 Å². The first kappa shape index (κ1) is 15.2. The second kappa shape index (κ2) is 7.52. The number of aromatic nitrogens is 1. The maximum absolute atomic E-state index is 4.42. The Bertz CT molecular complexity index is 557. The van der Waals surface area contributed by atoms with Gasteiger partial charge in [0.15, 0.2) is 0 Å². The Kier molecular flexibility index (Phi) is 5.20. The molecule has 1 fully saturated rings. The van der Waals surface area contributed by atoms with E-state index in [9.17, 15) is 0 Å². The molecule has 1 aliphatic heterocycles. The van der Waals surface area contributed by atoms with Crippen LogP contribution in [0, 0.1) is 0 Å². The molecule has 0 bridgehead atoms. The van der Waals surface area contributed by atoms with Crippen molar-refractivity contribution in [1.82, 2.24) is 14.8 Å². The van der Waals surface area contributed by atoms with E-state index in [1.54, 1.807) is 0 Å². The number of hydrogen-bond donors (Lipinski definition) is 0. The lowest BCUT2D eigenvalue weighted by molar-refractivity contribution is 0.121. The third kappa shape index (κ3) is 4.15. The lowest BCUT2D eigenvalue weighted by atomic mass is 10.1. The van der Waals surface area contributed by atoms with E-state index in [1.807, 2.05) is 12.3 Å². The molecule has 3 rings (SSSR count). The highest BCUT2D eigenvalue weighted by molar-refractivity contribution is 5.22. The van der Waals surface area contributed by atoms with E-state index in [1.165, 1.54) is 16.8 Å². The average molecular weight is 295 g/mol. The molecule has 2 aromatic rings. The largest absolute Gasteiger partial charge is 0.297 e. The Labute approximate surface area is 133 Å². The first-order chi connectivity index (χ1) is 10.8. The quantitative estimate of drug-likeness (QED) is 0.845. The predicted molar refractivity (Wildman–Crippen MR) is 90.6 cm³/mol. The van der Waals surface area contributed by atoms with Gasteiger partial charge in [-0.25, -0.2) is 0 Å². The number of benzene rings is 1. The number of nitrogens with zero attached hydrogens (tertiary/aromatic N) is 3. The van der Waals surface area contributed by atoms with Gasteiger partial charge >= 0.3 is 0 Å². The smallest absolute Gasteiger partial charge is 0.0543 e. The molecule has 0 radical (unpaired) electrons. The van der Waals surface area contributed by atoms with Gasteiger partial charge in [-0.05, 0) is 29.7 Å².